The van der Waals surface area contributed by atoms with Gasteiger partial charge in [-0.3, -0.25) is 0 Å². The molecule has 1 aliphatic rings. The van der Waals surface area contributed by atoms with E-state index in [2.05, 4.69) is 86.2 Å². The van der Waals surface area contributed by atoms with Crippen molar-refractivity contribution in [3.63, 3.8) is 0 Å². The molecular weight excluding hydrogens is 335 g/mol. The van der Waals surface area contributed by atoms with E-state index >= 15 is 0 Å². The smallest absolute Gasteiger partial charge is 0.399 e. The molecule has 4 rings (SSSR count). The van der Waals surface area contributed by atoms with E-state index in [0.29, 0.717) is 0 Å². The highest BCUT2D eigenvalue weighted by atomic mass is 16.7. The van der Waals surface area contributed by atoms with Gasteiger partial charge in [-0.2, -0.15) is 0 Å². The average Bonchev–Trinajstić information content (AvgIpc) is 3.16. The Morgan fingerprint density at radius 2 is 1.26 bits per heavy atom. The zero-order chi connectivity index (χ0) is 19.2. The van der Waals surface area contributed by atoms with Crippen molar-refractivity contribution in [1.29, 1.82) is 0 Å². The number of nitrogens with one attached hydrogen (secondary N) is 1. The van der Waals surface area contributed by atoms with Gasteiger partial charge in [0.05, 0.1) is 23.1 Å². The van der Waals surface area contributed by atoms with Crippen molar-refractivity contribution < 1.29 is 9.31 Å². The minimum absolute atomic E-state index is 0.322. The minimum atomic E-state index is -0.324. The van der Waals surface area contributed by atoms with Crippen molar-refractivity contribution in [3.8, 4) is 22.4 Å². The number of aryl methyl sites for hydroxylation is 1. The van der Waals surface area contributed by atoms with Crippen molar-refractivity contribution in [2.24, 2.45) is 0 Å². The monoisotopic (exact) mass is 360 g/mol. The summed E-state index contributed by atoms with van der Waals surface area (Å²) in [6.07, 6.45) is 1.86. The number of rotatable bonds is 3. The molecule has 27 heavy (non-hydrogen) atoms. The summed E-state index contributed by atoms with van der Waals surface area (Å²) < 4.78 is 12.3. The summed E-state index contributed by atoms with van der Waals surface area (Å²) in [5.41, 5.74) is 4.91. The molecule has 0 bridgehead atoms. The molecule has 1 fully saturated rings. The van der Waals surface area contributed by atoms with Crippen LogP contribution >= 0.6 is 0 Å². The summed E-state index contributed by atoms with van der Waals surface area (Å²) in [6, 6.07) is 16.9. The number of hydrogen-bond acceptors (Lipinski definition) is 3. The fourth-order valence-corrected chi connectivity index (χ4v) is 3.22. The third-order valence-corrected chi connectivity index (χ3v) is 5.67. The number of aromatic amines is 1. The van der Waals surface area contributed by atoms with Crippen LogP contribution in [0.5, 0.6) is 0 Å². The fourth-order valence-electron chi connectivity index (χ4n) is 3.22. The highest BCUT2D eigenvalue weighted by Crippen LogP contribution is 2.36. The van der Waals surface area contributed by atoms with Gasteiger partial charge in [0, 0.05) is 0 Å². The van der Waals surface area contributed by atoms with Crippen LogP contribution in [0.4, 0.5) is 0 Å². The molecule has 1 saturated heterocycles. The summed E-state index contributed by atoms with van der Waals surface area (Å²) in [5, 5.41) is 0. The number of imidazole rings is 1. The maximum Gasteiger partial charge on any atom is 0.494 e. The van der Waals surface area contributed by atoms with Gasteiger partial charge in [-0.1, -0.05) is 48.5 Å². The summed E-state index contributed by atoms with van der Waals surface area (Å²) in [5.74, 6) is 0.923. The van der Waals surface area contributed by atoms with Crippen LogP contribution in [0.15, 0.2) is 54.7 Å². The molecule has 138 valence electrons. The molecule has 2 heterocycles. The summed E-state index contributed by atoms with van der Waals surface area (Å²) in [6.45, 7) is 10.3. The Balaban J connectivity index is 1.53. The van der Waals surface area contributed by atoms with E-state index in [0.717, 1.165) is 22.5 Å². The predicted molar refractivity (Wildman–Crippen MR) is 110 cm³/mol. The summed E-state index contributed by atoms with van der Waals surface area (Å²) in [4.78, 5) is 7.53. The average molecular weight is 360 g/mol. The third kappa shape index (κ3) is 3.33. The first-order chi connectivity index (χ1) is 12.7. The lowest BCUT2D eigenvalue weighted by molar-refractivity contribution is 0.00578. The SMILES string of the molecule is Cc1ncc(-c2ccc(-c3ccc(B4OC(C)(C)C(C)(C)O4)cc3)cc2)[nH]1. The van der Waals surface area contributed by atoms with Crippen molar-refractivity contribution in [1.82, 2.24) is 9.97 Å². The molecule has 1 aliphatic heterocycles. The molecule has 0 unspecified atom stereocenters. The van der Waals surface area contributed by atoms with E-state index in [1.165, 1.54) is 11.1 Å². The number of aromatic nitrogens is 2. The molecule has 1 aromatic heterocycles. The number of nitrogens with zero attached hydrogens (tertiary/aromatic N) is 1. The standard InChI is InChI=1S/C22H25BN2O2/c1-15-24-14-20(25-15)18-8-6-16(7-9-18)17-10-12-19(13-11-17)23-26-21(2,3)22(4,5)27-23/h6-14H,1-5H3,(H,24,25). The highest BCUT2D eigenvalue weighted by Gasteiger charge is 2.51. The maximum absolute atomic E-state index is 6.13. The molecule has 0 atom stereocenters. The van der Waals surface area contributed by atoms with Crippen LogP contribution in [0.3, 0.4) is 0 Å². The Labute approximate surface area is 161 Å². The highest BCUT2D eigenvalue weighted by molar-refractivity contribution is 6.62. The van der Waals surface area contributed by atoms with Crippen LogP contribution in [-0.4, -0.2) is 28.3 Å². The van der Waals surface area contributed by atoms with Crippen LogP contribution in [0.25, 0.3) is 22.4 Å². The Morgan fingerprint density at radius 1 is 0.778 bits per heavy atom. The van der Waals surface area contributed by atoms with Crippen LogP contribution < -0.4 is 5.46 Å². The summed E-state index contributed by atoms with van der Waals surface area (Å²) >= 11 is 0. The first-order valence-corrected chi connectivity index (χ1v) is 9.33. The largest absolute Gasteiger partial charge is 0.494 e. The van der Waals surface area contributed by atoms with Crippen LogP contribution in [0.2, 0.25) is 0 Å². The Morgan fingerprint density at radius 3 is 1.74 bits per heavy atom. The van der Waals surface area contributed by atoms with Gasteiger partial charge in [0.2, 0.25) is 0 Å². The Hall–Kier alpha value is -2.37. The minimum Gasteiger partial charge on any atom is -0.399 e. The van der Waals surface area contributed by atoms with Crippen LogP contribution in [-0.2, 0) is 9.31 Å². The number of hydrogen-bond donors (Lipinski definition) is 1. The van der Waals surface area contributed by atoms with E-state index in [-0.39, 0.29) is 18.3 Å². The van der Waals surface area contributed by atoms with Gasteiger partial charge in [-0.05, 0) is 56.8 Å². The first kappa shape index (κ1) is 18.0. The van der Waals surface area contributed by atoms with Crippen molar-refractivity contribution in [2.75, 3.05) is 0 Å². The van der Waals surface area contributed by atoms with E-state index in [1.807, 2.05) is 13.1 Å². The second-order valence-electron chi connectivity index (χ2n) is 8.17. The second kappa shape index (κ2) is 6.36. The van der Waals surface area contributed by atoms with Gasteiger partial charge in [0.25, 0.3) is 0 Å². The fraction of sp³-hybridized carbons (Fsp3) is 0.318. The number of H-pyrrole nitrogens is 1. The molecule has 1 N–H and O–H groups in total. The van der Waals surface area contributed by atoms with Gasteiger partial charge in [0.15, 0.2) is 0 Å². The van der Waals surface area contributed by atoms with Crippen molar-refractivity contribution in [3.05, 3.63) is 60.6 Å². The zero-order valence-electron chi connectivity index (χ0n) is 16.5. The zero-order valence-corrected chi connectivity index (χ0v) is 16.5. The normalized spacial score (nSPS) is 18.0. The van der Waals surface area contributed by atoms with Gasteiger partial charge < -0.3 is 14.3 Å². The lowest BCUT2D eigenvalue weighted by Gasteiger charge is -2.32. The molecule has 0 spiro atoms. The van der Waals surface area contributed by atoms with E-state index in [9.17, 15) is 0 Å². The van der Waals surface area contributed by atoms with Gasteiger partial charge >= 0.3 is 7.12 Å². The van der Waals surface area contributed by atoms with E-state index < -0.39 is 0 Å². The quantitative estimate of drug-likeness (QED) is 0.707. The molecule has 4 nitrogen and oxygen atoms in total. The topological polar surface area (TPSA) is 47.1 Å². The Kier molecular flexibility index (Phi) is 4.24. The van der Waals surface area contributed by atoms with Gasteiger partial charge in [-0.15, -0.1) is 0 Å². The Bertz CT molecular complexity index is 927. The molecular formula is C22H25BN2O2. The molecule has 0 amide bonds. The molecule has 0 saturated carbocycles. The maximum atomic E-state index is 6.13. The van der Waals surface area contributed by atoms with Crippen molar-refractivity contribution >= 4 is 12.6 Å². The molecule has 0 aliphatic carbocycles. The molecule has 0 radical (unpaired) electrons. The van der Waals surface area contributed by atoms with Crippen molar-refractivity contribution in [2.45, 2.75) is 45.8 Å². The van der Waals surface area contributed by atoms with Gasteiger partial charge in [-0.25, -0.2) is 4.98 Å². The molecule has 3 aromatic rings. The van der Waals surface area contributed by atoms with Crippen LogP contribution in [0.1, 0.15) is 33.5 Å². The number of benzene rings is 2. The molecule has 5 heteroatoms. The molecule has 2 aromatic carbocycles. The summed E-state index contributed by atoms with van der Waals surface area (Å²) in [7, 11) is -0.324. The van der Waals surface area contributed by atoms with Crippen LogP contribution in [0, 0.1) is 6.92 Å². The predicted octanol–water partition coefficient (Wildman–Crippen LogP) is 4.35. The first-order valence-electron chi connectivity index (χ1n) is 9.33. The van der Waals surface area contributed by atoms with Gasteiger partial charge in [0.1, 0.15) is 5.82 Å². The van der Waals surface area contributed by atoms with E-state index in [4.69, 9.17) is 9.31 Å². The second-order valence-corrected chi connectivity index (χ2v) is 8.17. The van der Waals surface area contributed by atoms with E-state index in [1.54, 1.807) is 0 Å². The third-order valence-electron chi connectivity index (χ3n) is 5.67. The lowest BCUT2D eigenvalue weighted by atomic mass is 9.78. The lowest BCUT2D eigenvalue weighted by Crippen LogP contribution is -2.41.